The standard InChI is InChI=1S/C25H25F4N5O2/c1-3-22(35)32-21-12-16(11-20(26)15(21)2)23-19(25(27,28)29)14-30-24(33-23)31-17-5-4-6-18(13-17)34-7-9-36-10-8-34/h3-6,11-15,21H,1,7-10H2,2H3,(H,32,35)(H,30,31,33). The van der Waals surface area contributed by atoms with Crippen LogP contribution in [0.1, 0.15) is 18.2 Å². The van der Waals surface area contributed by atoms with E-state index in [2.05, 4.69) is 32.1 Å². The Morgan fingerprint density at radius 2 is 2.03 bits per heavy atom. The second-order valence-corrected chi connectivity index (χ2v) is 8.41. The van der Waals surface area contributed by atoms with Crippen molar-refractivity contribution in [3.8, 4) is 0 Å². The van der Waals surface area contributed by atoms with Crippen LogP contribution in [0.4, 0.5) is 34.9 Å². The molecule has 0 bridgehead atoms. The Kier molecular flexibility index (Phi) is 7.39. The number of nitrogens with zero attached hydrogens (tertiary/aromatic N) is 3. The molecule has 1 fully saturated rings. The molecule has 2 N–H and O–H groups in total. The van der Waals surface area contributed by atoms with E-state index in [0.717, 1.165) is 30.9 Å². The lowest BCUT2D eigenvalue weighted by molar-refractivity contribution is -0.138. The minimum absolute atomic E-state index is 0.0860. The largest absolute Gasteiger partial charge is 0.419 e. The lowest BCUT2D eigenvalue weighted by Crippen LogP contribution is -2.38. The van der Waals surface area contributed by atoms with Crippen molar-refractivity contribution in [3.63, 3.8) is 0 Å². The second-order valence-electron chi connectivity index (χ2n) is 8.41. The molecule has 0 radical (unpaired) electrons. The zero-order valence-electron chi connectivity index (χ0n) is 19.5. The number of alkyl halides is 3. The number of ether oxygens (including phenoxy) is 1. The van der Waals surface area contributed by atoms with Crippen LogP contribution in [0, 0.1) is 5.92 Å². The molecular weight excluding hydrogens is 478 g/mol. The van der Waals surface area contributed by atoms with Gasteiger partial charge in [-0.15, -0.1) is 0 Å². The summed E-state index contributed by atoms with van der Waals surface area (Å²) in [6, 6.07) is 6.44. The third kappa shape index (κ3) is 5.73. The van der Waals surface area contributed by atoms with E-state index in [1.165, 1.54) is 13.0 Å². The van der Waals surface area contributed by atoms with E-state index in [1.54, 1.807) is 6.07 Å². The first-order valence-electron chi connectivity index (χ1n) is 11.3. The fourth-order valence-electron chi connectivity index (χ4n) is 3.98. The predicted molar refractivity (Wildman–Crippen MR) is 128 cm³/mol. The van der Waals surface area contributed by atoms with E-state index < -0.39 is 41.1 Å². The van der Waals surface area contributed by atoms with Crippen molar-refractivity contribution >= 4 is 28.8 Å². The highest BCUT2D eigenvalue weighted by atomic mass is 19.4. The Morgan fingerprint density at radius 3 is 2.72 bits per heavy atom. The van der Waals surface area contributed by atoms with Crippen LogP contribution in [0.5, 0.6) is 0 Å². The molecule has 36 heavy (non-hydrogen) atoms. The van der Waals surface area contributed by atoms with E-state index in [0.29, 0.717) is 25.1 Å². The lowest BCUT2D eigenvalue weighted by Gasteiger charge is -2.29. The molecule has 1 amide bonds. The summed E-state index contributed by atoms with van der Waals surface area (Å²) in [6.07, 6.45) is -0.747. The van der Waals surface area contributed by atoms with E-state index in [-0.39, 0.29) is 11.5 Å². The second kappa shape index (κ2) is 10.5. The molecule has 2 unspecified atom stereocenters. The first-order valence-corrected chi connectivity index (χ1v) is 11.3. The van der Waals surface area contributed by atoms with E-state index >= 15 is 0 Å². The van der Waals surface area contributed by atoms with Crippen LogP contribution < -0.4 is 15.5 Å². The van der Waals surface area contributed by atoms with Gasteiger partial charge in [0, 0.05) is 42.2 Å². The first-order chi connectivity index (χ1) is 17.2. The number of morpholine rings is 1. The number of hydrogen-bond donors (Lipinski definition) is 2. The number of nitrogens with one attached hydrogen (secondary N) is 2. The van der Waals surface area contributed by atoms with Crippen molar-refractivity contribution in [3.05, 3.63) is 72.4 Å². The topological polar surface area (TPSA) is 79.4 Å². The van der Waals surface area contributed by atoms with Crippen LogP contribution in [0.2, 0.25) is 0 Å². The van der Waals surface area contributed by atoms with Gasteiger partial charge in [0.15, 0.2) is 0 Å². The lowest BCUT2D eigenvalue weighted by atomic mass is 9.89. The number of anilines is 3. The summed E-state index contributed by atoms with van der Waals surface area (Å²) >= 11 is 0. The van der Waals surface area contributed by atoms with Gasteiger partial charge in [-0.25, -0.2) is 14.4 Å². The zero-order chi connectivity index (χ0) is 25.9. The Bertz CT molecular complexity index is 1210. The molecule has 4 rings (SSSR count). The summed E-state index contributed by atoms with van der Waals surface area (Å²) < 4.78 is 61.5. The number of halogens is 4. The molecule has 2 heterocycles. The molecule has 0 saturated carbocycles. The fourth-order valence-corrected chi connectivity index (χ4v) is 3.98. The molecular formula is C25H25F4N5O2. The third-order valence-corrected chi connectivity index (χ3v) is 5.97. The molecule has 1 saturated heterocycles. The number of rotatable bonds is 6. The van der Waals surface area contributed by atoms with Gasteiger partial charge in [-0.3, -0.25) is 4.79 Å². The molecule has 1 aromatic carbocycles. The van der Waals surface area contributed by atoms with Crippen molar-refractivity contribution in [1.29, 1.82) is 0 Å². The SMILES string of the molecule is C=CC(=O)NC1C=C(c2nc(Nc3cccc(N4CCOCC4)c3)ncc2C(F)(F)F)C=C(F)C1C. The minimum atomic E-state index is -4.78. The van der Waals surface area contributed by atoms with Crippen molar-refractivity contribution in [1.82, 2.24) is 15.3 Å². The van der Waals surface area contributed by atoms with Crippen molar-refractivity contribution in [2.45, 2.75) is 19.1 Å². The Balaban J connectivity index is 1.68. The number of allylic oxidation sites excluding steroid dienone is 2. The molecule has 2 aromatic rings. The van der Waals surface area contributed by atoms with Crippen LogP contribution in [0.3, 0.4) is 0 Å². The average Bonchev–Trinajstić information content (AvgIpc) is 2.86. The number of carbonyl (C=O) groups excluding carboxylic acids is 1. The maximum Gasteiger partial charge on any atom is 0.419 e. The molecule has 0 spiro atoms. The van der Waals surface area contributed by atoms with Gasteiger partial charge in [0.1, 0.15) is 11.4 Å². The monoisotopic (exact) mass is 503 g/mol. The average molecular weight is 504 g/mol. The van der Waals surface area contributed by atoms with Crippen LogP contribution in [-0.4, -0.2) is 48.2 Å². The highest BCUT2D eigenvalue weighted by Crippen LogP contribution is 2.38. The van der Waals surface area contributed by atoms with E-state index in [1.807, 2.05) is 18.2 Å². The molecule has 2 aliphatic rings. The van der Waals surface area contributed by atoms with Crippen molar-refractivity contribution in [2.75, 3.05) is 36.5 Å². The highest BCUT2D eigenvalue weighted by molar-refractivity contribution is 5.88. The Hall–Kier alpha value is -3.73. The van der Waals surface area contributed by atoms with Crippen LogP contribution in [-0.2, 0) is 15.7 Å². The van der Waals surface area contributed by atoms with Crippen LogP contribution in [0.15, 0.2) is 61.1 Å². The highest BCUT2D eigenvalue weighted by Gasteiger charge is 2.37. The number of hydrogen-bond acceptors (Lipinski definition) is 6. The van der Waals surface area contributed by atoms with Gasteiger partial charge in [-0.1, -0.05) is 25.6 Å². The maximum absolute atomic E-state index is 14.7. The third-order valence-electron chi connectivity index (χ3n) is 5.97. The first kappa shape index (κ1) is 25.4. The van der Waals surface area contributed by atoms with Crippen LogP contribution >= 0.6 is 0 Å². The minimum Gasteiger partial charge on any atom is -0.378 e. The van der Waals surface area contributed by atoms with Gasteiger partial charge < -0.3 is 20.3 Å². The Morgan fingerprint density at radius 1 is 1.28 bits per heavy atom. The zero-order valence-corrected chi connectivity index (χ0v) is 19.5. The smallest absolute Gasteiger partial charge is 0.378 e. The van der Waals surface area contributed by atoms with E-state index in [9.17, 15) is 22.4 Å². The molecule has 1 aliphatic carbocycles. The van der Waals surface area contributed by atoms with Gasteiger partial charge in [-0.05, 0) is 30.4 Å². The predicted octanol–water partition coefficient (Wildman–Crippen LogP) is 4.63. The van der Waals surface area contributed by atoms with Gasteiger partial charge >= 0.3 is 6.18 Å². The van der Waals surface area contributed by atoms with E-state index in [4.69, 9.17) is 4.74 Å². The van der Waals surface area contributed by atoms with Gasteiger partial charge in [0.2, 0.25) is 11.9 Å². The summed E-state index contributed by atoms with van der Waals surface area (Å²) in [6.45, 7) is 7.53. The summed E-state index contributed by atoms with van der Waals surface area (Å²) in [5.41, 5.74) is -0.225. The Labute approximate surface area is 205 Å². The molecule has 11 heteroatoms. The summed E-state index contributed by atoms with van der Waals surface area (Å²) in [5, 5.41) is 5.47. The number of aromatic nitrogens is 2. The molecule has 1 aliphatic heterocycles. The summed E-state index contributed by atoms with van der Waals surface area (Å²) in [7, 11) is 0. The van der Waals surface area contributed by atoms with Gasteiger partial charge in [0.25, 0.3) is 0 Å². The number of amides is 1. The van der Waals surface area contributed by atoms with Gasteiger partial charge in [-0.2, -0.15) is 13.2 Å². The normalized spacial score (nSPS) is 20.3. The molecule has 2 atom stereocenters. The van der Waals surface area contributed by atoms with Crippen LogP contribution in [0.25, 0.3) is 5.57 Å². The summed E-state index contributed by atoms with van der Waals surface area (Å²) in [5.74, 6) is -2.11. The fraction of sp³-hybridized carbons (Fsp3) is 0.320. The van der Waals surface area contributed by atoms with Crippen molar-refractivity contribution in [2.24, 2.45) is 5.92 Å². The van der Waals surface area contributed by atoms with Crippen molar-refractivity contribution < 1.29 is 27.1 Å². The molecule has 190 valence electrons. The number of carbonyl (C=O) groups is 1. The quantitative estimate of drug-likeness (QED) is 0.442. The number of benzene rings is 1. The maximum atomic E-state index is 14.7. The summed E-state index contributed by atoms with van der Waals surface area (Å²) in [4.78, 5) is 21.9. The molecule has 7 nitrogen and oxygen atoms in total. The van der Waals surface area contributed by atoms with Gasteiger partial charge in [0.05, 0.1) is 24.9 Å². The molecule has 1 aromatic heterocycles.